The van der Waals surface area contributed by atoms with Crippen LogP contribution in [0.2, 0.25) is 0 Å². The van der Waals surface area contributed by atoms with E-state index >= 15 is 0 Å². The summed E-state index contributed by atoms with van der Waals surface area (Å²) < 4.78 is 7.17. The van der Waals surface area contributed by atoms with E-state index in [4.69, 9.17) is 10.5 Å². The molecule has 2 nitrogen and oxygen atoms in total. The van der Waals surface area contributed by atoms with E-state index in [1.165, 1.54) is 34.3 Å². The lowest BCUT2D eigenvalue weighted by molar-refractivity contribution is -0.0171. The molecule has 2 rings (SSSR count). The van der Waals surface area contributed by atoms with Crippen LogP contribution in [0.15, 0.2) is 15.9 Å². The van der Waals surface area contributed by atoms with Crippen molar-refractivity contribution in [1.82, 2.24) is 0 Å². The van der Waals surface area contributed by atoms with Crippen LogP contribution in [0, 0.1) is 5.92 Å². The quantitative estimate of drug-likeness (QED) is 0.923. The van der Waals surface area contributed by atoms with Crippen molar-refractivity contribution in [3.05, 3.63) is 20.8 Å². The van der Waals surface area contributed by atoms with Crippen molar-refractivity contribution in [2.75, 3.05) is 6.54 Å². The summed E-state index contributed by atoms with van der Waals surface area (Å²) >= 11 is 5.21. The smallest absolute Gasteiger partial charge is 0.0813 e. The van der Waals surface area contributed by atoms with Crippen LogP contribution in [-0.2, 0) is 11.3 Å². The molecule has 1 aromatic heterocycles. The van der Waals surface area contributed by atoms with Crippen LogP contribution in [-0.4, -0.2) is 12.6 Å². The number of hydrogen-bond donors (Lipinski definition) is 1. The Hall–Kier alpha value is 0.1000. The van der Waals surface area contributed by atoms with Gasteiger partial charge >= 0.3 is 0 Å². The van der Waals surface area contributed by atoms with Gasteiger partial charge in [0.15, 0.2) is 0 Å². The van der Waals surface area contributed by atoms with E-state index in [0.29, 0.717) is 12.0 Å². The third-order valence-corrected chi connectivity index (χ3v) is 4.81. The zero-order valence-electron chi connectivity index (χ0n) is 9.32. The summed E-state index contributed by atoms with van der Waals surface area (Å²) in [6.07, 6.45) is 5.38. The van der Waals surface area contributed by atoms with Crippen molar-refractivity contribution >= 4 is 27.3 Å². The second kappa shape index (κ2) is 6.15. The number of halogens is 1. The lowest BCUT2D eigenvalue weighted by atomic mass is 9.86. The first-order chi connectivity index (χ1) is 7.79. The zero-order chi connectivity index (χ0) is 11.4. The van der Waals surface area contributed by atoms with Gasteiger partial charge in [0.2, 0.25) is 0 Å². The Bertz CT molecular complexity index is 329. The zero-order valence-corrected chi connectivity index (χ0v) is 11.7. The summed E-state index contributed by atoms with van der Waals surface area (Å²) in [5, 5.41) is 0. The standard InChI is InChI=1S/C12H18BrNOS/c13-12-6-5-10(16-12)8-15-11-4-2-1-3-9(11)7-14/h5-6,9,11H,1-4,7-8,14H2. The predicted molar refractivity (Wildman–Crippen MR) is 71.6 cm³/mol. The second-order valence-electron chi connectivity index (χ2n) is 4.34. The molecule has 2 atom stereocenters. The molecule has 1 fully saturated rings. The molecule has 4 heteroatoms. The molecule has 16 heavy (non-hydrogen) atoms. The van der Waals surface area contributed by atoms with Gasteiger partial charge in [0.25, 0.3) is 0 Å². The number of hydrogen-bond acceptors (Lipinski definition) is 3. The van der Waals surface area contributed by atoms with Crippen LogP contribution in [0.3, 0.4) is 0 Å². The molecule has 0 bridgehead atoms. The Morgan fingerprint density at radius 1 is 1.38 bits per heavy atom. The first-order valence-electron chi connectivity index (χ1n) is 5.85. The number of ether oxygens (including phenoxy) is 1. The molecule has 0 radical (unpaired) electrons. The average Bonchev–Trinajstić information content (AvgIpc) is 2.73. The number of thiophene rings is 1. The molecular formula is C12H18BrNOS. The maximum atomic E-state index is 6.00. The second-order valence-corrected chi connectivity index (χ2v) is 6.88. The van der Waals surface area contributed by atoms with E-state index in [1.807, 2.05) is 0 Å². The van der Waals surface area contributed by atoms with Crippen molar-refractivity contribution in [1.29, 1.82) is 0 Å². The highest BCUT2D eigenvalue weighted by Crippen LogP contribution is 2.28. The Labute approximate surface area is 109 Å². The highest BCUT2D eigenvalue weighted by Gasteiger charge is 2.24. The van der Waals surface area contributed by atoms with Crippen molar-refractivity contribution in [2.45, 2.75) is 38.4 Å². The monoisotopic (exact) mass is 303 g/mol. The summed E-state index contributed by atoms with van der Waals surface area (Å²) in [7, 11) is 0. The minimum absolute atomic E-state index is 0.375. The van der Waals surface area contributed by atoms with Crippen molar-refractivity contribution in [2.24, 2.45) is 11.7 Å². The van der Waals surface area contributed by atoms with Gasteiger partial charge in [-0.15, -0.1) is 11.3 Å². The third kappa shape index (κ3) is 3.29. The largest absolute Gasteiger partial charge is 0.372 e. The molecule has 0 amide bonds. The van der Waals surface area contributed by atoms with E-state index in [1.54, 1.807) is 11.3 Å². The Balaban J connectivity index is 1.84. The fourth-order valence-corrected chi connectivity index (χ4v) is 3.69. The first-order valence-corrected chi connectivity index (χ1v) is 7.46. The normalized spacial score (nSPS) is 25.9. The lowest BCUT2D eigenvalue weighted by Gasteiger charge is -2.30. The van der Waals surface area contributed by atoms with Crippen LogP contribution in [0.4, 0.5) is 0 Å². The molecule has 0 saturated heterocycles. The van der Waals surface area contributed by atoms with Crippen LogP contribution in [0.5, 0.6) is 0 Å². The van der Waals surface area contributed by atoms with E-state index < -0.39 is 0 Å². The van der Waals surface area contributed by atoms with Gasteiger partial charge in [-0.1, -0.05) is 12.8 Å². The minimum Gasteiger partial charge on any atom is -0.372 e. The molecule has 1 aliphatic carbocycles. The lowest BCUT2D eigenvalue weighted by Crippen LogP contribution is -2.32. The first kappa shape index (κ1) is 12.6. The van der Waals surface area contributed by atoms with E-state index in [-0.39, 0.29) is 0 Å². The summed E-state index contributed by atoms with van der Waals surface area (Å²) in [5.41, 5.74) is 5.78. The Kier molecular flexibility index (Phi) is 4.82. The summed E-state index contributed by atoms with van der Waals surface area (Å²) in [6.45, 7) is 1.50. The minimum atomic E-state index is 0.375. The molecule has 1 aromatic rings. The van der Waals surface area contributed by atoms with Crippen molar-refractivity contribution in [3.63, 3.8) is 0 Å². The molecule has 0 aliphatic heterocycles. The van der Waals surface area contributed by atoms with Gasteiger partial charge in [-0.25, -0.2) is 0 Å². The van der Waals surface area contributed by atoms with Crippen molar-refractivity contribution in [3.8, 4) is 0 Å². The maximum Gasteiger partial charge on any atom is 0.0813 e. The third-order valence-electron chi connectivity index (χ3n) is 3.21. The predicted octanol–water partition coefficient (Wildman–Crippen LogP) is 3.54. The molecule has 1 heterocycles. The fraction of sp³-hybridized carbons (Fsp3) is 0.667. The topological polar surface area (TPSA) is 35.2 Å². The van der Waals surface area contributed by atoms with Gasteiger partial charge in [0, 0.05) is 4.88 Å². The highest BCUT2D eigenvalue weighted by molar-refractivity contribution is 9.11. The molecule has 2 unspecified atom stereocenters. The van der Waals surface area contributed by atoms with Gasteiger partial charge in [-0.3, -0.25) is 0 Å². The van der Waals surface area contributed by atoms with Gasteiger partial charge < -0.3 is 10.5 Å². The molecule has 0 aromatic carbocycles. The van der Waals surface area contributed by atoms with Crippen molar-refractivity contribution < 1.29 is 4.74 Å². The Morgan fingerprint density at radius 2 is 2.19 bits per heavy atom. The van der Waals surface area contributed by atoms with E-state index in [2.05, 4.69) is 28.1 Å². The number of nitrogens with two attached hydrogens (primary N) is 1. The Morgan fingerprint density at radius 3 is 2.88 bits per heavy atom. The van der Waals surface area contributed by atoms with Crippen LogP contribution < -0.4 is 5.73 Å². The molecule has 1 saturated carbocycles. The SMILES string of the molecule is NCC1CCCCC1OCc1ccc(Br)s1. The van der Waals surface area contributed by atoms with E-state index in [0.717, 1.165) is 13.2 Å². The summed E-state index contributed by atoms with van der Waals surface area (Å²) in [5.74, 6) is 0.567. The van der Waals surface area contributed by atoms with Gasteiger partial charge in [0.05, 0.1) is 16.5 Å². The maximum absolute atomic E-state index is 6.00. The van der Waals surface area contributed by atoms with Crippen LogP contribution in [0.25, 0.3) is 0 Å². The molecule has 90 valence electrons. The van der Waals surface area contributed by atoms with Crippen LogP contribution in [0.1, 0.15) is 30.6 Å². The number of rotatable bonds is 4. The van der Waals surface area contributed by atoms with Gasteiger partial charge in [-0.05, 0) is 53.4 Å². The molecule has 2 N–H and O–H groups in total. The van der Waals surface area contributed by atoms with E-state index in [9.17, 15) is 0 Å². The summed E-state index contributed by atoms with van der Waals surface area (Å²) in [4.78, 5) is 1.29. The molecule has 1 aliphatic rings. The summed E-state index contributed by atoms with van der Waals surface area (Å²) in [6, 6.07) is 4.19. The molecule has 0 spiro atoms. The highest BCUT2D eigenvalue weighted by atomic mass is 79.9. The average molecular weight is 304 g/mol. The van der Waals surface area contributed by atoms with Gasteiger partial charge in [0.1, 0.15) is 0 Å². The molecular weight excluding hydrogens is 286 g/mol. The van der Waals surface area contributed by atoms with Crippen LogP contribution >= 0.6 is 27.3 Å². The fourth-order valence-electron chi connectivity index (χ4n) is 2.28. The van der Waals surface area contributed by atoms with Gasteiger partial charge in [-0.2, -0.15) is 0 Å².